The zero-order valence-corrected chi connectivity index (χ0v) is 13.3. The van der Waals surface area contributed by atoms with E-state index in [1.165, 1.54) is 5.56 Å². The molecular formula is C15H11Cl2N3S. The number of halogens is 2. The van der Waals surface area contributed by atoms with E-state index in [0.29, 0.717) is 5.02 Å². The van der Waals surface area contributed by atoms with Crippen LogP contribution in [0.3, 0.4) is 0 Å². The van der Waals surface area contributed by atoms with Crippen molar-refractivity contribution in [1.82, 2.24) is 9.78 Å². The standard InChI is InChI=1S/C15H11Cl2N3S/c16-9-2-1-3-10(8-9)20-15-11(6-7-18-15)14(19-20)12-4-5-13(17)21-12/h1-5,8,18H,6-7H2. The molecule has 4 rings (SSSR count). The van der Waals surface area contributed by atoms with Gasteiger partial charge in [-0.1, -0.05) is 29.3 Å². The number of rotatable bonds is 2. The number of nitrogens with zero attached hydrogens (tertiary/aromatic N) is 2. The van der Waals surface area contributed by atoms with Gasteiger partial charge in [-0.2, -0.15) is 5.10 Å². The summed E-state index contributed by atoms with van der Waals surface area (Å²) in [6.07, 6.45) is 0.973. The monoisotopic (exact) mass is 335 g/mol. The summed E-state index contributed by atoms with van der Waals surface area (Å²) in [6, 6.07) is 11.7. The number of hydrogen-bond donors (Lipinski definition) is 1. The molecule has 3 aromatic rings. The molecule has 0 aliphatic carbocycles. The number of anilines is 1. The van der Waals surface area contributed by atoms with E-state index in [1.54, 1.807) is 11.3 Å². The largest absolute Gasteiger partial charge is 0.369 e. The van der Waals surface area contributed by atoms with E-state index in [-0.39, 0.29) is 0 Å². The second-order valence-corrected chi connectivity index (χ2v) is 7.00. The molecule has 0 atom stereocenters. The van der Waals surface area contributed by atoms with Crippen LogP contribution in [0.5, 0.6) is 0 Å². The molecular weight excluding hydrogens is 325 g/mol. The van der Waals surface area contributed by atoms with Crippen LogP contribution in [0.15, 0.2) is 36.4 Å². The van der Waals surface area contributed by atoms with Crippen molar-refractivity contribution < 1.29 is 0 Å². The Morgan fingerprint density at radius 3 is 2.86 bits per heavy atom. The van der Waals surface area contributed by atoms with Crippen LogP contribution in [0, 0.1) is 0 Å². The maximum absolute atomic E-state index is 6.10. The molecule has 0 saturated heterocycles. The van der Waals surface area contributed by atoms with Gasteiger partial charge in [-0.25, -0.2) is 4.68 Å². The van der Waals surface area contributed by atoms with Crippen LogP contribution in [0.4, 0.5) is 5.82 Å². The summed E-state index contributed by atoms with van der Waals surface area (Å²) in [5.74, 6) is 1.05. The molecule has 106 valence electrons. The molecule has 0 saturated carbocycles. The average Bonchev–Trinajstić information content (AvgIpc) is 3.14. The molecule has 3 heterocycles. The predicted molar refractivity (Wildman–Crippen MR) is 89.1 cm³/mol. The molecule has 3 nitrogen and oxygen atoms in total. The van der Waals surface area contributed by atoms with Gasteiger partial charge >= 0.3 is 0 Å². The number of aromatic nitrogens is 2. The Bertz CT molecular complexity index is 822. The molecule has 6 heteroatoms. The normalized spacial score (nSPS) is 13.2. The Morgan fingerprint density at radius 2 is 2.10 bits per heavy atom. The van der Waals surface area contributed by atoms with Gasteiger partial charge in [-0.05, 0) is 36.8 Å². The number of hydrogen-bond acceptors (Lipinski definition) is 3. The number of nitrogens with one attached hydrogen (secondary N) is 1. The molecule has 1 aliphatic rings. The smallest absolute Gasteiger partial charge is 0.133 e. The average molecular weight is 336 g/mol. The topological polar surface area (TPSA) is 29.9 Å². The van der Waals surface area contributed by atoms with Gasteiger partial charge in [0.2, 0.25) is 0 Å². The van der Waals surface area contributed by atoms with Crippen molar-refractivity contribution in [1.29, 1.82) is 0 Å². The minimum Gasteiger partial charge on any atom is -0.369 e. The van der Waals surface area contributed by atoms with E-state index < -0.39 is 0 Å². The van der Waals surface area contributed by atoms with Crippen molar-refractivity contribution in [3.8, 4) is 16.3 Å². The Balaban J connectivity index is 1.90. The summed E-state index contributed by atoms with van der Waals surface area (Å²) in [5.41, 5.74) is 3.21. The quantitative estimate of drug-likeness (QED) is 0.723. The molecule has 0 amide bonds. The highest BCUT2D eigenvalue weighted by Crippen LogP contribution is 2.38. The lowest BCUT2D eigenvalue weighted by Crippen LogP contribution is -2.04. The summed E-state index contributed by atoms with van der Waals surface area (Å²) in [7, 11) is 0. The summed E-state index contributed by atoms with van der Waals surface area (Å²) < 4.78 is 2.71. The van der Waals surface area contributed by atoms with Crippen LogP contribution in [-0.4, -0.2) is 16.3 Å². The Labute approximate surface area is 136 Å². The fraction of sp³-hybridized carbons (Fsp3) is 0.133. The lowest BCUT2D eigenvalue weighted by atomic mass is 10.2. The highest BCUT2D eigenvalue weighted by Gasteiger charge is 2.24. The van der Waals surface area contributed by atoms with Crippen LogP contribution in [-0.2, 0) is 6.42 Å². The first-order valence-corrected chi connectivity index (χ1v) is 8.17. The number of fused-ring (bicyclic) bond motifs is 1. The minimum atomic E-state index is 0.704. The Morgan fingerprint density at radius 1 is 1.19 bits per heavy atom. The highest BCUT2D eigenvalue weighted by atomic mass is 35.5. The van der Waals surface area contributed by atoms with Gasteiger partial charge in [0.25, 0.3) is 0 Å². The van der Waals surface area contributed by atoms with Gasteiger partial charge in [0.05, 0.1) is 14.9 Å². The van der Waals surface area contributed by atoms with Gasteiger partial charge in [0.15, 0.2) is 0 Å². The van der Waals surface area contributed by atoms with Crippen LogP contribution in [0.1, 0.15) is 5.56 Å². The van der Waals surface area contributed by atoms with Gasteiger partial charge < -0.3 is 5.32 Å². The maximum atomic E-state index is 6.10. The van der Waals surface area contributed by atoms with E-state index in [0.717, 1.165) is 39.4 Å². The van der Waals surface area contributed by atoms with Crippen LogP contribution >= 0.6 is 34.5 Å². The lowest BCUT2D eigenvalue weighted by molar-refractivity contribution is 0.883. The minimum absolute atomic E-state index is 0.704. The molecule has 21 heavy (non-hydrogen) atoms. The van der Waals surface area contributed by atoms with E-state index in [2.05, 4.69) is 5.32 Å². The molecule has 0 unspecified atom stereocenters. The van der Waals surface area contributed by atoms with Crippen molar-refractivity contribution in [2.24, 2.45) is 0 Å². The number of benzene rings is 1. The first-order valence-electron chi connectivity index (χ1n) is 6.60. The molecule has 1 N–H and O–H groups in total. The molecule has 1 aromatic carbocycles. The predicted octanol–water partition coefficient (Wildman–Crippen LogP) is 4.88. The van der Waals surface area contributed by atoms with Crippen molar-refractivity contribution in [3.05, 3.63) is 51.3 Å². The van der Waals surface area contributed by atoms with E-state index in [9.17, 15) is 0 Å². The zero-order valence-electron chi connectivity index (χ0n) is 10.9. The van der Waals surface area contributed by atoms with Gasteiger partial charge in [0, 0.05) is 17.1 Å². The molecule has 0 fully saturated rings. The Kier molecular flexibility index (Phi) is 3.17. The van der Waals surface area contributed by atoms with Crippen molar-refractivity contribution in [3.63, 3.8) is 0 Å². The zero-order chi connectivity index (χ0) is 14.4. The van der Waals surface area contributed by atoms with Crippen molar-refractivity contribution in [2.45, 2.75) is 6.42 Å². The van der Waals surface area contributed by atoms with Crippen LogP contribution in [0.2, 0.25) is 9.36 Å². The van der Waals surface area contributed by atoms with Crippen LogP contribution < -0.4 is 5.32 Å². The highest BCUT2D eigenvalue weighted by molar-refractivity contribution is 7.19. The van der Waals surface area contributed by atoms with E-state index >= 15 is 0 Å². The summed E-state index contributed by atoms with van der Waals surface area (Å²) in [4.78, 5) is 1.10. The third kappa shape index (κ3) is 2.24. The van der Waals surface area contributed by atoms with E-state index in [4.69, 9.17) is 28.3 Å². The molecule has 2 aromatic heterocycles. The second kappa shape index (κ2) is 5.05. The van der Waals surface area contributed by atoms with Gasteiger partial charge in [-0.15, -0.1) is 11.3 Å². The fourth-order valence-electron chi connectivity index (χ4n) is 2.61. The first-order chi connectivity index (χ1) is 10.2. The fourth-order valence-corrected chi connectivity index (χ4v) is 3.85. The summed E-state index contributed by atoms with van der Waals surface area (Å²) in [6.45, 7) is 0.930. The maximum Gasteiger partial charge on any atom is 0.133 e. The van der Waals surface area contributed by atoms with Crippen molar-refractivity contribution in [2.75, 3.05) is 11.9 Å². The molecule has 1 aliphatic heterocycles. The van der Waals surface area contributed by atoms with Crippen molar-refractivity contribution >= 4 is 40.4 Å². The van der Waals surface area contributed by atoms with Gasteiger partial charge in [0.1, 0.15) is 11.5 Å². The summed E-state index contributed by atoms with van der Waals surface area (Å²) in [5, 5.41) is 8.89. The second-order valence-electron chi connectivity index (χ2n) is 4.85. The van der Waals surface area contributed by atoms with E-state index in [1.807, 2.05) is 41.1 Å². The van der Waals surface area contributed by atoms with Crippen LogP contribution in [0.25, 0.3) is 16.3 Å². The summed E-state index contributed by atoms with van der Waals surface area (Å²) >= 11 is 13.7. The third-order valence-electron chi connectivity index (χ3n) is 3.51. The molecule has 0 bridgehead atoms. The first kappa shape index (κ1) is 13.2. The SMILES string of the molecule is Clc1cccc(-n2nc(-c3ccc(Cl)s3)c3c2NCC3)c1. The lowest BCUT2D eigenvalue weighted by Gasteiger charge is -2.06. The molecule has 0 spiro atoms. The third-order valence-corrected chi connectivity index (χ3v) is 4.98. The Hall–Kier alpha value is -1.49. The molecule has 0 radical (unpaired) electrons. The van der Waals surface area contributed by atoms with Gasteiger partial charge in [-0.3, -0.25) is 0 Å². The number of thiophene rings is 1.